The number of nitrogens with zero attached hydrogens (tertiary/aromatic N) is 1. The third-order valence-corrected chi connectivity index (χ3v) is 3.98. The van der Waals surface area contributed by atoms with Crippen LogP contribution in [0.25, 0.3) is 0 Å². The molecule has 2 aromatic carbocycles. The molecule has 0 saturated heterocycles. The van der Waals surface area contributed by atoms with Crippen LogP contribution in [0.4, 0.5) is 16.2 Å². The summed E-state index contributed by atoms with van der Waals surface area (Å²) in [6.07, 6.45) is -0.301. The first-order chi connectivity index (χ1) is 12.4. The molecule has 0 unspecified atom stereocenters. The maximum absolute atomic E-state index is 12.1. The number of hydrogen-bond acceptors (Lipinski definition) is 4. The largest absolute Gasteiger partial charge is 0.452 e. The molecule has 0 atom stereocenters. The minimum atomic E-state index is -0.484. The van der Waals surface area contributed by atoms with Gasteiger partial charge in [0.25, 0.3) is 0 Å². The van der Waals surface area contributed by atoms with E-state index < -0.39 is 6.09 Å². The highest BCUT2D eigenvalue weighted by Gasteiger charge is 2.12. The SMILES string of the molecule is COC(=O)N(C)c1ccc(NC(=O)CCC(=O)c2ccc(Cl)cc2)cc1. The molecule has 0 saturated carbocycles. The van der Waals surface area contributed by atoms with Gasteiger partial charge in [0.1, 0.15) is 0 Å². The summed E-state index contributed by atoms with van der Waals surface area (Å²) in [4.78, 5) is 36.9. The normalized spacial score (nSPS) is 10.1. The van der Waals surface area contributed by atoms with Gasteiger partial charge in [-0.25, -0.2) is 4.79 Å². The van der Waals surface area contributed by atoms with Crippen molar-refractivity contribution in [1.82, 2.24) is 0 Å². The Bertz CT molecular complexity index is 788. The highest BCUT2D eigenvalue weighted by atomic mass is 35.5. The number of rotatable bonds is 6. The standard InChI is InChI=1S/C19H19ClN2O4/c1-22(19(25)26-2)16-9-7-15(8-10-16)21-18(24)12-11-17(23)13-3-5-14(20)6-4-13/h3-10H,11-12H2,1-2H3,(H,21,24). The van der Waals surface area contributed by atoms with Crippen molar-refractivity contribution in [2.45, 2.75) is 12.8 Å². The number of carbonyl (C=O) groups is 3. The predicted molar refractivity (Wildman–Crippen MR) is 101 cm³/mol. The van der Waals surface area contributed by atoms with E-state index in [9.17, 15) is 14.4 Å². The van der Waals surface area contributed by atoms with Crippen molar-refractivity contribution >= 4 is 40.8 Å². The van der Waals surface area contributed by atoms with E-state index in [1.54, 1.807) is 55.6 Å². The number of carbonyl (C=O) groups excluding carboxylic acids is 3. The number of hydrogen-bond donors (Lipinski definition) is 1. The van der Waals surface area contributed by atoms with Crippen molar-refractivity contribution in [3.63, 3.8) is 0 Å². The third kappa shape index (κ3) is 5.32. The Morgan fingerprint density at radius 1 is 1.00 bits per heavy atom. The summed E-state index contributed by atoms with van der Waals surface area (Å²) < 4.78 is 4.64. The van der Waals surface area contributed by atoms with E-state index in [-0.39, 0.29) is 24.5 Å². The molecule has 2 rings (SSSR count). The molecule has 0 fully saturated rings. The minimum Gasteiger partial charge on any atom is -0.452 e. The lowest BCUT2D eigenvalue weighted by Gasteiger charge is -2.15. The van der Waals surface area contributed by atoms with E-state index in [1.807, 2.05) is 0 Å². The van der Waals surface area contributed by atoms with Gasteiger partial charge in [-0.05, 0) is 48.5 Å². The number of Topliss-reactive ketones (excluding diaryl/α,β-unsaturated/α-hetero) is 1. The molecule has 0 spiro atoms. The molecule has 7 heteroatoms. The molecule has 0 bridgehead atoms. The van der Waals surface area contributed by atoms with Gasteiger partial charge >= 0.3 is 6.09 Å². The van der Waals surface area contributed by atoms with Crippen LogP contribution in [0.2, 0.25) is 5.02 Å². The fourth-order valence-corrected chi connectivity index (χ4v) is 2.37. The fourth-order valence-electron chi connectivity index (χ4n) is 2.24. The van der Waals surface area contributed by atoms with Gasteiger partial charge in [-0.2, -0.15) is 0 Å². The summed E-state index contributed by atoms with van der Waals surface area (Å²) in [5.41, 5.74) is 1.74. The van der Waals surface area contributed by atoms with Crippen molar-refractivity contribution in [3.8, 4) is 0 Å². The fraction of sp³-hybridized carbons (Fsp3) is 0.211. The summed E-state index contributed by atoms with van der Waals surface area (Å²) in [7, 11) is 2.89. The van der Waals surface area contributed by atoms with Gasteiger partial charge in [0.05, 0.1) is 7.11 Å². The van der Waals surface area contributed by atoms with E-state index in [0.717, 1.165) is 0 Å². The van der Waals surface area contributed by atoms with Crippen LogP contribution >= 0.6 is 11.6 Å². The molecule has 0 aliphatic rings. The Hall–Kier alpha value is -2.86. The maximum Gasteiger partial charge on any atom is 0.413 e. The zero-order chi connectivity index (χ0) is 19.1. The van der Waals surface area contributed by atoms with Crippen LogP contribution in [0.15, 0.2) is 48.5 Å². The first-order valence-corrected chi connectivity index (χ1v) is 8.29. The molecule has 26 heavy (non-hydrogen) atoms. The monoisotopic (exact) mass is 374 g/mol. The highest BCUT2D eigenvalue weighted by Crippen LogP contribution is 2.18. The van der Waals surface area contributed by atoms with Gasteiger partial charge in [-0.3, -0.25) is 14.5 Å². The molecule has 0 aliphatic carbocycles. The van der Waals surface area contributed by atoms with Crippen molar-refractivity contribution < 1.29 is 19.1 Å². The van der Waals surface area contributed by atoms with Crippen LogP contribution in [0.5, 0.6) is 0 Å². The van der Waals surface area contributed by atoms with Crippen LogP contribution in [0.3, 0.4) is 0 Å². The topological polar surface area (TPSA) is 75.7 Å². The lowest BCUT2D eigenvalue weighted by Crippen LogP contribution is -2.25. The molecule has 0 aliphatic heterocycles. The molecule has 136 valence electrons. The van der Waals surface area contributed by atoms with Crippen LogP contribution in [-0.2, 0) is 9.53 Å². The zero-order valence-electron chi connectivity index (χ0n) is 14.5. The second-order valence-corrected chi connectivity index (χ2v) is 5.99. The maximum atomic E-state index is 12.1. The molecule has 0 aromatic heterocycles. The molecule has 2 aromatic rings. The van der Waals surface area contributed by atoms with Crippen molar-refractivity contribution in [1.29, 1.82) is 0 Å². The number of halogens is 1. The summed E-state index contributed by atoms with van der Waals surface area (Å²) in [6, 6.07) is 13.3. The average Bonchev–Trinajstić information content (AvgIpc) is 2.66. The van der Waals surface area contributed by atoms with Crippen molar-refractivity contribution in [3.05, 3.63) is 59.1 Å². The quantitative estimate of drug-likeness (QED) is 0.771. The van der Waals surface area contributed by atoms with Gasteiger partial charge in [0.2, 0.25) is 5.91 Å². The summed E-state index contributed by atoms with van der Waals surface area (Å²) in [6.45, 7) is 0. The van der Waals surface area contributed by atoms with Gasteiger partial charge < -0.3 is 10.1 Å². The second kappa shape index (κ2) is 9.01. The molecular weight excluding hydrogens is 356 g/mol. The van der Waals surface area contributed by atoms with Crippen LogP contribution < -0.4 is 10.2 Å². The highest BCUT2D eigenvalue weighted by molar-refractivity contribution is 6.30. The van der Waals surface area contributed by atoms with Crippen LogP contribution in [0.1, 0.15) is 23.2 Å². The Morgan fingerprint density at radius 3 is 2.19 bits per heavy atom. The molecule has 1 N–H and O–H groups in total. The summed E-state index contributed by atoms with van der Waals surface area (Å²) in [5, 5.41) is 3.28. The molecule has 2 amide bonds. The summed E-state index contributed by atoms with van der Waals surface area (Å²) in [5.74, 6) is -0.381. The Balaban J connectivity index is 1.86. The number of nitrogens with one attached hydrogen (secondary N) is 1. The molecule has 6 nitrogen and oxygen atoms in total. The Labute approximate surface area is 156 Å². The van der Waals surface area contributed by atoms with E-state index in [4.69, 9.17) is 11.6 Å². The number of amides is 2. The van der Waals surface area contributed by atoms with E-state index in [1.165, 1.54) is 12.0 Å². The van der Waals surface area contributed by atoms with E-state index >= 15 is 0 Å². The van der Waals surface area contributed by atoms with Crippen molar-refractivity contribution in [2.24, 2.45) is 0 Å². The smallest absolute Gasteiger partial charge is 0.413 e. The predicted octanol–water partition coefficient (Wildman–Crippen LogP) is 4.14. The van der Waals surface area contributed by atoms with Crippen LogP contribution in [0, 0.1) is 0 Å². The minimum absolute atomic E-state index is 0.0747. The molecule has 0 radical (unpaired) electrons. The van der Waals surface area contributed by atoms with Crippen LogP contribution in [-0.4, -0.2) is 31.9 Å². The first-order valence-electron chi connectivity index (χ1n) is 7.91. The number of ether oxygens (including phenoxy) is 1. The number of anilines is 2. The lowest BCUT2D eigenvalue weighted by molar-refractivity contribution is -0.116. The average molecular weight is 375 g/mol. The van der Waals surface area contributed by atoms with Gasteiger partial charge in [0.15, 0.2) is 5.78 Å². The Kier molecular flexibility index (Phi) is 6.74. The van der Waals surface area contributed by atoms with Gasteiger partial charge in [-0.1, -0.05) is 11.6 Å². The second-order valence-electron chi connectivity index (χ2n) is 5.55. The number of methoxy groups -OCH3 is 1. The van der Waals surface area contributed by atoms with E-state index in [2.05, 4.69) is 10.1 Å². The van der Waals surface area contributed by atoms with Gasteiger partial charge in [0, 0.05) is 41.9 Å². The Morgan fingerprint density at radius 2 is 1.62 bits per heavy atom. The van der Waals surface area contributed by atoms with Gasteiger partial charge in [-0.15, -0.1) is 0 Å². The van der Waals surface area contributed by atoms with E-state index in [0.29, 0.717) is 22.0 Å². The van der Waals surface area contributed by atoms with Crippen molar-refractivity contribution in [2.75, 3.05) is 24.4 Å². The third-order valence-electron chi connectivity index (χ3n) is 3.73. The summed E-state index contributed by atoms with van der Waals surface area (Å²) >= 11 is 5.79. The first kappa shape index (κ1) is 19.5. The zero-order valence-corrected chi connectivity index (χ0v) is 15.2. The number of ketones is 1. The molecular formula is C19H19ClN2O4. The number of benzene rings is 2. The lowest BCUT2D eigenvalue weighted by atomic mass is 10.1. The molecule has 0 heterocycles.